The van der Waals surface area contributed by atoms with Gasteiger partial charge in [-0.15, -0.1) is 0 Å². The van der Waals surface area contributed by atoms with Crippen LogP contribution in [0, 0.1) is 16.0 Å². The van der Waals surface area contributed by atoms with Gasteiger partial charge in [-0.05, 0) is 36.5 Å². The third-order valence-electron chi connectivity index (χ3n) is 6.50. The third kappa shape index (κ3) is 3.95. The van der Waals surface area contributed by atoms with Crippen molar-refractivity contribution in [3.63, 3.8) is 0 Å². The lowest BCUT2D eigenvalue weighted by atomic mass is 9.67. The van der Waals surface area contributed by atoms with Crippen molar-refractivity contribution >= 4 is 17.2 Å². The molecule has 1 aliphatic carbocycles. The molecule has 0 amide bonds. The number of Topliss-reactive ketones (excluding diaryl/α,β-unsaturated/α-hetero) is 1. The van der Waals surface area contributed by atoms with Crippen LogP contribution in [0.25, 0.3) is 0 Å². The van der Waals surface area contributed by atoms with Crippen LogP contribution in [0.3, 0.4) is 0 Å². The highest BCUT2D eigenvalue weighted by atomic mass is 16.6. The lowest BCUT2D eigenvalue weighted by Crippen LogP contribution is -2.53. The number of hydrogen-bond donors (Lipinski definition) is 1. The first-order valence-corrected chi connectivity index (χ1v) is 10.5. The van der Waals surface area contributed by atoms with Crippen LogP contribution in [-0.4, -0.2) is 53.4 Å². The summed E-state index contributed by atoms with van der Waals surface area (Å²) in [5.74, 6) is -0.129. The smallest absolute Gasteiger partial charge is 0.269 e. The van der Waals surface area contributed by atoms with Gasteiger partial charge in [-0.1, -0.05) is 36.8 Å². The van der Waals surface area contributed by atoms with Gasteiger partial charge in [0, 0.05) is 44.0 Å². The molecule has 1 aliphatic heterocycles. The van der Waals surface area contributed by atoms with Crippen LogP contribution < -0.4 is 4.90 Å². The molecule has 1 atom stereocenters. The largest absolute Gasteiger partial charge is 0.377 e. The Morgan fingerprint density at radius 2 is 1.67 bits per heavy atom. The molecule has 1 saturated carbocycles. The lowest BCUT2D eigenvalue weighted by Gasteiger charge is -2.42. The van der Waals surface area contributed by atoms with Gasteiger partial charge < -0.3 is 10.0 Å². The molecule has 1 heterocycles. The maximum atomic E-state index is 13.3. The maximum Gasteiger partial charge on any atom is 0.269 e. The van der Waals surface area contributed by atoms with Crippen LogP contribution in [0.15, 0.2) is 54.6 Å². The normalized spacial score (nSPS) is 19.7. The van der Waals surface area contributed by atoms with Crippen molar-refractivity contribution in [2.75, 3.05) is 37.6 Å². The second-order valence-electron chi connectivity index (χ2n) is 8.22. The maximum absolute atomic E-state index is 13.3. The Hall–Kier alpha value is -2.77. The Labute approximate surface area is 176 Å². The average molecular weight is 409 g/mol. The number of anilines is 1. The topological polar surface area (TPSA) is 86.9 Å². The third-order valence-corrected chi connectivity index (χ3v) is 6.50. The molecule has 30 heavy (non-hydrogen) atoms. The SMILES string of the molecule is O=C(CN1CCN(c2ccc([N+](=O)[O-])cc2)CC1)C(O)(c1ccccc1)C1CCC1. The molecule has 2 aliphatic rings. The van der Waals surface area contributed by atoms with E-state index in [0.717, 1.165) is 38.0 Å². The number of aliphatic hydroxyl groups is 1. The van der Waals surface area contributed by atoms with Crippen molar-refractivity contribution in [1.29, 1.82) is 0 Å². The molecule has 0 bridgehead atoms. The first kappa shape index (κ1) is 20.5. The van der Waals surface area contributed by atoms with Gasteiger partial charge >= 0.3 is 0 Å². The number of carbonyl (C=O) groups is 1. The van der Waals surface area contributed by atoms with Gasteiger partial charge in [0.15, 0.2) is 11.4 Å². The Morgan fingerprint density at radius 1 is 1.03 bits per heavy atom. The van der Waals surface area contributed by atoms with Crippen LogP contribution >= 0.6 is 0 Å². The van der Waals surface area contributed by atoms with E-state index in [1.807, 2.05) is 30.3 Å². The number of rotatable bonds is 7. The molecule has 0 aromatic heterocycles. The quantitative estimate of drug-likeness (QED) is 0.559. The van der Waals surface area contributed by atoms with Crippen LogP contribution in [-0.2, 0) is 10.4 Å². The standard InChI is InChI=1S/C23H27N3O4/c27-22(23(28,19-7-4-8-19)18-5-2-1-3-6-18)17-24-13-15-25(16-14-24)20-9-11-21(12-10-20)26(29)30/h1-3,5-6,9-12,19,28H,4,7-8,13-17H2. The first-order valence-electron chi connectivity index (χ1n) is 10.5. The van der Waals surface area contributed by atoms with Gasteiger partial charge in [0.2, 0.25) is 0 Å². The van der Waals surface area contributed by atoms with Gasteiger partial charge in [0.25, 0.3) is 5.69 Å². The summed E-state index contributed by atoms with van der Waals surface area (Å²) >= 11 is 0. The zero-order valence-electron chi connectivity index (χ0n) is 16.9. The minimum absolute atomic E-state index is 0.00574. The number of benzene rings is 2. The molecule has 158 valence electrons. The van der Waals surface area contributed by atoms with Gasteiger partial charge in [0.1, 0.15) is 0 Å². The Balaban J connectivity index is 1.39. The monoisotopic (exact) mass is 409 g/mol. The number of carbonyl (C=O) groups excluding carboxylic acids is 1. The predicted octanol–water partition coefficient (Wildman–Crippen LogP) is 2.97. The van der Waals surface area contributed by atoms with Crippen molar-refractivity contribution in [3.05, 3.63) is 70.3 Å². The summed E-state index contributed by atoms with van der Waals surface area (Å²) in [5, 5.41) is 22.3. The summed E-state index contributed by atoms with van der Waals surface area (Å²) in [6.45, 7) is 3.11. The summed E-state index contributed by atoms with van der Waals surface area (Å²) in [6, 6.07) is 15.9. The molecular weight excluding hydrogens is 382 g/mol. The van der Waals surface area contributed by atoms with Gasteiger partial charge in [-0.25, -0.2) is 0 Å². The number of ketones is 1. The fourth-order valence-electron chi connectivity index (χ4n) is 4.42. The van der Waals surface area contributed by atoms with Gasteiger partial charge in [-0.2, -0.15) is 0 Å². The highest BCUT2D eigenvalue weighted by Crippen LogP contribution is 2.43. The summed E-state index contributed by atoms with van der Waals surface area (Å²) in [6.07, 6.45) is 2.82. The molecule has 2 aromatic rings. The van der Waals surface area contributed by atoms with E-state index in [4.69, 9.17) is 0 Å². The number of nitro benzene ring substituents is 1. The molecular formula is C23H27N3O4. The highest BCUT2D eigenvalue weighted by molar-refractivity contribution is 5.90. The molecule has 1 N–H and O–H groups in total. The number of non-ortho nitro benzene ring substituents is 1. The molecule has 0 spiro atoms. The second-order valence-corrected chi connectivity index (χ2v) is 8.22. The van der Waals surface area contributed by atoms with Crippen LogP contribution in [0.1, 0.15) is 24.8 Å². The van der Waals surface area contributed by atoms with E-state index >= 15 is 0 Å². The summed E-state index contributed by atoms with van der Waals surface area (Å²) in [7, 11) is 0. The van der Waals surface area contributed by atoms with Crippen LogP contribution in [0.2, 0.25) is 0 Å². The number of nitrogens with zero attached hydrogens (tertiary/aromatic N) is 3. The van der Waals surface area contributed by atoms with Crippen molar-refractivity contribution in [3.8, 4) is 0 Å². The second kappa shape index (κ2) is 8.53. The minimum Gasteiger partial charge on any atom is -0.377 e. The molecule has 2 aromatic carbocycles. The minimum atomic E-state index is -1.41. The zero-order valence-corrected chi connectivity index (χ0v) is 16.9. The van der Waals surface area contributed by atoms with Crippen LogP contribution in [0.5, 0.6) is 0 Å². The van der Waals surface area contributed by atoms with Gasteiger partial charge in [0.05, 0.1) is 11.5 Å². The van der Waals surface area contributed by atoms with E-state index in [0.29, 0.717) is 18.7 Å². The molecule has 1 saturated heterocycles. The lowest BCUT2D eigenvalue weighted by molar-refractivity contribution is -0.384. The number of hydrogen-bond acceptors (Lipinski definition) is 6. The zero-order chi connectivity index (χ0) is 21.1. The van der Waals surface area contributed by atoms with Crippen molar-refractivity contribution in [2.24, 2.45) is 5.92 Å². The molecule has 7 nitrogen and oxygen atoms in total. The van der Waals surface area contributed by atoms with E-state index in [1.165, 1.54) is 12.1 Å². The molecule has 2 fully saturated rings. The summed E-state index contributed by atoms with van der Waals surface area (Å²) < 4.78 is 0. The Kier molecular flexibility index (Phi) is 5.83. The van der Waals surface area contributed by atoms with Crippen LogP contribution in [0.4, 0.5) is 11.4 Å². The summed E-state index contributed by atoms with van der Waals surface area (Å²) in [5.41, 5.74) is 0.319. The van der Waals surface area contributed by atoms with E-state index in [2.05, 4.69) is 9.80 Å². The fraction of sp³-hybridized carbons (Fsp3) is 0.435. The Bertz CT molecular complexity index is 890. The Morgan fingerprint density at radius 3 is 2.20 bits per heavy atom. The number of piperazine rings is 1. The van der Waals surface area contributed by atoms with Crippen molar-refractivity contribution < 1.29 is 14.8 Å². The van der Waals surface area contributed by atoms with E-state index in [-0.39, 0.29) is 23.9 Å². The van der Waals surface area contributed by atoms with E-state index in [9.17, 15) is 20.0 Å². The molecule has 1 unspecified atom stereocenters. The van der Waals surface area contributed by atoms with E-state index < -0.39 is 10.5 Å². The summed E-state index contributed by atoms with van der Waals surface area (Å²) in [4.78, 5) is 27.9. The van der Waals surface area contributed by atoms with Crippen molar-refractivity contribution in [2.45, 2.75) is 24.9 Å². The fourth-order valence-corrected chi connectivity index (χ4v) is 4.42. The highest BCUT2D eigenvalue weighted by Gasteiger charge is 2.47. The average Bonchev–Trinajstić information content (AvgIpc) is 2.73. The molecule has 0 radical (unpaired) electrons. The van der Waals surface area contributed by atoms with E-state index in [1.54, 1.807) is 12.1 Å². The first-order chi connectivity index (χ1) is 14.5. The predicted molar refractivity (Wildman–Crippen MR) is 114 cm³/mol. The molecule has 7 heteroatoms. The number of nitro groups is 1. The van der Waals surface area contributed by atoms with Gasteiger partial charge in [-0.3, -0.25) is 19.8 Å². The molecule has 4 rings (SSSR count). The van der Waals surface area contributed by atoms with Crippen molar-refractivity contribution in [1.82, 2.24) is 4.90 Å².